The summed E-state index contributed by atoms with van der Waals surface area (Å²) in [5.41, 5.74) is -6.63. The maximum atomic E-state index is 13.5. The molecule has 0 N–H and O–H groups in total. The van der Waals surface area contributed by atoms with Crippen LogP contribution in [0.1, 0.15) is 0 Å². The van der Waals surface area contributed by atoms with E-state index in [0.717, 1.165) is 0 Å². The first-order chi connectivity index (χ1) is 14.7. The van der Waals surface area contributed by atoms with E-state index >= 15 is 0 Å². The van der Waals surface area contributed by atoms with Crippen LogP contribution in [0.4, 0.5) is 92.2 Å². The van der Waals surface area contributed by atoms with Crippen LogP contribution in [0.3, 0.4) is 0 Å². The Balaban J connectivity index is 7.03. The van der Waals surface area contributed by atoms with Crippen LogP contribution in [0.25, 0.3) is 0 Å². The van der Waals surface area contributed by atoms with E-state index in [9.17, 15) is 92.2 Å². The summed E-state index contributed by atoms with van der Waals surface area (Å²) in [6.07, 6.45) is -8.00. The normalized spacial score (nSPS) is 17.1. The third-order valence-electron chi connectivity index (χ3n) is 3.99. The van der Waals surface area contributed by atoms with Gasteiger partial charge >= 0.3 is 53.6 Å². The van der Waals surface area contributed by atoms with Crippen molar-refractivity contribution in [1.82, 2.24) is 0 Å². The lowest BCUT2D eigenvalue weighted by molar-refractivity contribution is -0.472. The van der Waals surface area contributed by atoms with Gasteiger partial charge in [0.15, 0.2) is 9.52 Å². The highest BCUT2D eigenvalue weighted by atomic mass is 35.5. The molecule has 24 heteroatoms. The lowest BCUT2D eigenvalue weighted by Crippen LogP contribution is -2.77. The molecule has 0 aliphatic rings. The fraction of sp³-hybridized carbons (Fsp3) is 1.00. The van der Waals surface area contributed by atoms with Crippen molar-refractivity contribution in [2.24, 2.45) is 0 Å². The minimum atomic E-state index is -9.17. The second-order valence-electron chi connectivity index (χ2n) is 6.39. The molecule has 0 aromatic carbocycles. The Kier molecular flexibility index (Phi) is 8.52. The van der Waals surface area contributed by atoms with Gasteiger partial charge in [-0.25, -0.2) is 8.78 Å². The first kappa shape index (κ1) is 34.3. The molecule has 0 atom stereocenters. The Morgan fingerprint density at radius 1 is 0.343 bits per heavy atom. The SMILES string of the molecule is FC(F)(F)C(F)(F)C(F)(F)C(F)(F)C(F)(F)C(F)(F)C(F)(F)C(F)(F)C(F)(F)C(F)(F)[SiH2]C(Cl)Cl. The van der Waals surface area contributed by atoms with Crippen molar-refractivity contribution >= 4 is 32.7 Å². The maximum absolute atomic E-state index is 13.5. The zero-order valence-electron chi connectivity index (χ0n) is 15.0. The molecule has 0 saturated carbocycles. The third kappa shape index (κ3) is 4.49. The lowest BCUT2D eigenvalue weighted by Gasteiger charge is -2.44. The quantitative estimate of drug-likeness (QED) is 0.136. The molecule has 0 unspecified atom stereocenters. The van der Waals surface area contributed by atoms with Crippen molar-refractivity contribution in [3.8, 4) is 0 Å². The van der Waals surface area contributed by atoms with Crippen LogP contribution in [0, 0.1) is 0 Å². The topological polar surface area (TPSA) is 0 Å². The van der Waals surface area contributed by atoms with Crippen molar-refractivity contribution in [2.45, 2.75) is 63.6 Å². The number of hydrogen-bond donors (Lipinski definition) is 0. The summed E-state index contributed by atoms with van der Waals surface area (Å²) in [6, 6.07) is 0. The monoisotopic (exact) mass is 632 g/mol. The Labute approximate surface area is 189 Å². The fourth-order valence-electron chi connectivity index (χ4n) is 1.91. The largest absolute Gasteiger partial charge is 0.460 e. The summed E-state index contributed by atoms with van der Waals surface area (Å²) >= 11 is 9.11. The predicted octanol–water partition coefficient (Wildman–Crippen LogP) is 7.15. The van der Waals surface area contributed by atoms with E-state index in [2.05, 4.69) is 23.2 Å². The lowest BCUT2D eigenvalue weighted by atomic mass is 9.87. The summed E-state index contributed by atoms with van der Waals surface area (Å²) < 4.78 is 271. The highest BCUT2D eigenvalue weighted by molar-refractivity contribution is 6.69. The molecule has 212 valence electrons. The molecule has 0 aliphatic heterocycles. The van der Waals surface area contributed by atoms with Crippen LogP contribution in [0.15, 0.2) is 0 Å². The summed E-state index contributed by atoms with van der Waals surface area (Å²) in [6.45, 7) is 0. The van der Waals surface area contributed by atoms with Gasteiger partial charge in [0.05, 0.1) is 4.46 Å². The highest BCUT2D eigenvalue weighted by Gasteiger charge is 2.97. The molecule has 0 aromatic rings. The van der Waals surface area contributed by atoms with Gasteiger partial charge in [-0.05, 0) is 0 Å². The molecule has 0 heterocycles. The number of halogens is 23. The van der Waals surface area contributed by atoms with Crippen molar-refractivity contribution in [1.29, 1.82) is 0 Å². The molecular weight excluding hydrogens is 630 g/mol. The molecular formula is C11H3Cl2F21Si. The molecule has 0 saturated heterocycles. The van der Waals surface area contributed by atoms with Gasteiger partial charge in [0.1, 0.15) is 0 Å². The Bertz CT molecular complexity index is 768. The predicted molar refractivity (Wildman–Crippen MR) is 74.6 cm³/mol. The van der Waals surface area contributed by atoms with Gasteiger partial charge in [-0.3, -0.25) is 0 Å². The summed E-state index contributed by atoms with van der Waals surface area (Å²) in [4.78, 5) is 0. The van der Waals surface area contributed by atoms with E-state index in [-0.39, 0.29) is 0 Å². The summed E-state index contributed by atoms with van der Waals surface area (Å²) in [5, 5.41) is 0. The van der Waals surface area contributed by atoms with Crippen molar-refractivity contribution in [3.63, 3.8) is 0 Å². The molecule has 0 bridgehead atoms. The van der Waals surface area contributed by atoms with Gasteiger partial charge in [0, 0.05) is 0 Å². The zero-order chi connectivity index (χ0) is 29.3. The average molecular weight is 633 g/mol. The van der Waals surface area contributed by atoms with Gasteiger partial charge < -0.3 is 0 Å². The van der Waals surface area contributed by atoms with E-state index in [1.54, 1.807) is 0 Å². The van der Waals surface area contributed by atoms with Gasteiger partial charge in [0.25, 0.3) is 5.55 Å². The fourth-order valence-corrected chi connectivity index (χ4v) is 3.94. The van der Waals surface area contributed by atoms with Crippen molar-refractivity contribution in [3.05, 3.63) is 0 Å². The first-order valence-electron chi connectivity index (χ1n) is 7.42. The number of hydrogen-bond acceptors (Lipinski definition) is 0. The van der Waals surface area contributed by atoms with E-state index in [0.29, 0.717) is 0 Å². The van der Waals surface area contributed by atoms with E-state index in [4.69, 9.17) is 0 Å². The Hall–Kier alpha value is -0.673. The zero-order valence-corrected chi connectivity index (χ0v) is 17.9. The molecule has 35 heavy (non-hydrogen) atoms. The molecule has 0 aromatic heterocycles. The Morgan fingerprint density at radius 2 is 0.543 bits per heavy atom. The highest BCUT2D eigenvalue weighted by Crippen LogP contribution is 2.66. The molecule has 0 aliphatic carbocycles. The summed E-state index contributed by atoms with van der Waals surface area (Å²) in [5.74, 6) is -70.2. The van der Waals surface area contributed by atoms with E-state index < -0.39 is 73.1 Å². The van der Waals surface area contributed by atoms with Crippen molar-refractivity contribution < 1.29 is 92.2 Å². The average Bonchev–Trinajstić information content (AvgIpc) is 2.58. The molecule has 0 nitrogen and oxygen atoms in total. The minimum Gasteiger partial charge on any atom is -0.206 e. The van der Waals surface area contributed by atoms with E-state index in [1.165, 1.54) is 0 Å². The third-order valence-corrected chi connectivity index (χ3v) is 6.18. The van der Waals surface area contributed by atoms with Gasteiger partial charge in [-0.2, -0.15) is 83.4 Å². The number of alkyl halides is 23. The Morgan fingerprint density at radius 3 is 0.743 bits per heavy atom. The van der Waals surface area contributed by atoms with Crippen LogP contribution in [0.2, 0.25) is 0 Å². The molecule has 0 rings (SSSR count). The van der Waals surface area contributed by atoms with Gasteiger partial charge in [-0.15, -0.1) is 23.2 Å². The summed E-state index contributed by atoms with van der Waals surface area (Å²) in [7, 11) is -4.52. The van der Waals surface area contributed by atoms with Crippen molar-refractivity contribution in [2.75, 3.05) is 0 Å². The molecule has 0 radical (unpaired) electrons. The minimum absolute atomic E-state index is 2.77. The smallest absolute Gasteiger partial charge is 0.206 e. The second kappa shape index (κ2) is 8.68. The number of rotatable bonds is 10. The van der Waals surface area contributed by atoms with E-state index in [1.807, 2.05) is 0 Å². The molecule has 0 amide bonds. The first-order valence-corrected chi connectivity index (χ1v) is 9.81. The standard InChI is InChI=1S/C11H3Cl2F21Si/c12-1(13)35-11(33,34)9(28,29)7(24,25)5(20,21)3(16,17)2(14,15)4(18,19)6(22,23)8(26,27)10(30,31)32/h1H,35H2. The molecule has 0 spiro atoms. The van der Waals surface area contributed by atoms with Crippen LogP contribution < -0.4 is 0 Å². The van der Waals surface area contributed by atoms with Crippen LogP contribution in [0.5, 0.6) is 0 Å². The van der Waals surface area contributed by atoms with Gasteiger partial charge in [-0.1, -0.05) is 0 Å². The molecule has 0 fully saturated rings. The van der Waals surface area contributed by atoms with Gasteiger partial charge in [0.2, 0.25) is 0 Å². The maximum Gasteiger partial charge on any atom is 0.460 e. The second-order valence-corrected chi connectivity index (χ2v) is 10.8. The van der Waals surface area contributed by atoms with Crippen LogP contribution >= 0.6 is 23.2 Å². The van der Waals surface area contributed by atoms with Crippen LogP contribution in [-0.4, -0.2) is 73.1 Å². The van der Waals surface area contributed by atoms with Crippen LogP contribution in [-0.2, 0) is 0 Å².